The summed E-state index contributed by atoms with van der Waals surface area (Å²) in [6.07, 6.45) is 5.31. The van der Waals surface area contributed by atoms with Gasteiger partial charge in [0.05, 0.1) is 11.6 Å². The van der Waals surface area contributed by atoms with Crippen molar-refractivity contribution in [2.75, 3.05) is 0 Å². The van der Waals surface area contributed by atoms with Gasteiger partial charge < -0.3 is 5.32 Å². The molecule has 1 saturated carbocycles. The van der Waals surface area contributed by atoms with Gasteiger partial charge in [0.2, 0.25) is 5.91 Å². The predicted molar refractivity (Wildman–Crippen MR) is 61.4 cm³/mol. The number of nitrogens with one attached hydrogen (secondary N) is 1. The van der Waals surface area contributed by atoms with Crippen molar-refractivity contribution in [3.05, 3.63) is 41.5 Å². The van der Waals surface area contributed by atoms with E-state index in [4.69, 9.17) is 5.26 Å². The number of carbonyl (C=O) groups is 1. The second-order valence-corrected chi connectivity index (χ2v) is 3.82. The van der Waals surface area contributed by atoms with Crippen LogP contribution in [0.3, 0.4) is 0 Å². The molecule has 0 aromatic heterocycles. The molecule has 0 unspecified atom stereocenters. The van der Waals surface area contributed by atoms with Crippen molar-refractivity contribution in [1.29, 1.82) is 5.26 Å². The summed E-state index contributed by atoms with van der Waals surface area (Å²) in [5.41, 5.74) is 1.36. The van der Waals surface area contributed by atoms with Crippen molar-refractivity contribution in [3.63, 3.8) is 0 Å². The van der Waals surface area contributed by atoms with E-state index >= 15 is 0 Å². The molecule has 0 aliphatic heterocycles. The summed E-state index contributed by atoms with van der Waals surface area (Å²) >= 11 is 0. The molecule has 0 atom stereocenters. The lowest BCUT2D eigenvalue weighted by molar-refractivity contribution is -0.116. The molecular formula is C13H12N2O. The Bertz CT molecular complexity index is 467. The first kappa shape index (κ1) is 10.4. The van der Waals surface area contributed by atoms with Crippen molar-refractivity contribution in [2.45, 2.75) is 18.9 Å². The van der Waals surface area contributed by atoms with Crippen LogP contribution in [0, 0.1) is 11.3 Å². The van der Waals surface area contributed by atoms with E-state index in [1.54, 1.807) is 18.2 Å². The summed E-state index contributed by atoms with van der Waals surface area (Å²) in [5.74, 6) is -0.0877. The van der Waals surface area contributed by atoms with Crippen LogP contribution in [-0.2, 0) is 4.79 Å². The topological polar surface area (TPSA) is 52.9 Å². The number of rotatable bonds is 3. The highest BCUT2D eigenvalue weighted by molar-refractivity contribution is 5.92. The highest BCUT2D eigenvalue weighted by Crippen LogP contribution is 2.18. The van der Waals surface area contributed by atoms with Crippen molar-refractivity contribution in [1.82, 2.24) is 5.32 Å². The van der Waals surface area contributed by atoms with Gasteiger partial charge in [-0.1, -0.05) is 18.2 Å². The minimum atomic E-state index is -0.0877. The van der Waals surface area contributed by atoms with Gasteiger partial charge in [-0.05, 0) is 30.5 Å². The van der Waals surface area contributed by atoms with Crippen LogP contribution >= 0.6 is 0 Å². The summed E-state index contributed by atoms with van der Waals surface area (Å²) in [6.45, 7) is 0. The average Bonchev–Trinajstić information content (AvgIpc) is 3.10. The summed E-state index contributed by atoms with van der Waals surface area (Å²) in [4.78, 5) is 11.4. The van der Waals surface area contributed by atoms with Crippen molar-refractivity contribution >= 4 is 12.0 Å². The summed E-state index contributed by atoms with van der Waals surface area (Å²) in [5, 5.41) is 11.7. The van der Waals surface area contributed by atoms with Gasteiger partial charge in [-0.2, -0.15) is 5.26 Å². The fraction of sp³-hybridized carbons (Fsp3) is 0.231. The van der Waals surface area contributed by atoms with Crippen LogP contribution in [0.25, 0.3) is 6.08 Å². The molecule has 1 fully saturated rings. The zero-order valence-corrected chi connectivity index (χ0v) is 8.81. The molecule has 1 aromatic rings. The number of hydrogen-bond donors (Lipinski definition) is 1. The van der Waals surface area contributed by atoms with Crippen LogP contribution in [0.15, 0.2) is 30.3 Å². The fourth-order valence-corrected chi connectivity index (χ4v) is 1.39. The van der Waals surface area contributed by atoms with Crippen molar-refractivity contribution < 1.29 is 4.79 Å². The SMILES string of the molecule is N#Cc1ccccc1C=CC(=O)NC1CC1. The maximum absolute atomic E-state index is 11.4. The molecule has 1 aromatic carbocycles. The molecule has 0 saturated heterocycles. The third-order valence-corrected chi connectivity index (χ3v) is 2.42. The molecule has 80 valence electrons. The van der Waals surface area contributed by atoms with Gasteiger partial charge in [0.1, 0.15) is 0 Å². The number of nitriles is 1. The lowest BCUT2D eigenvalue weighted by Gasteiger charge is -1.98. The van der Waals surface area contributed by atoms with E-state index < -0.39 is 0 Å². The van der Waals surface area contributed by atoms with E-state index in [2.05, 4.69) is 11.4 Å². The molecule has 16 heavy (non-hydrogen) atoms. The molecule has 2 rings (SSSR count). The van der Waals surface area contributed by atoms with Gasteiger partial charge in [0, 0.05) is 12.1 Å². The van der Waals surface area contributed by atoms with Gasteiger partial charge >= 0.3 is 0 Å². The molecule has 3 heteroatoms. The zero-order valence-electron chi connectivity index (χ0n) is 8.81. The third-order valence-electron chi connectivity index (χ3n) is 2.42. The van der Waals surface area contributed by atoms with E-state index in [0.717, 1.165) is 18.4 Å². The van der Waals surface area contributed by atoms with Gasteiger partial charge in [0.15, 0.2) is 0 Å². The van der Waals surface area contributed by atoms with Crippen LogP contribution in [0.4, 0.5) is 0 Å². The normalized spacial score (nSPS) is 14.7. The van der Waals surface area contributed by atoms with Gasteiger partial charge in [0.25, 0.3) is 0 Å². The summed E-state index contributed by atoms with van der Waals surface area (Å²) < 4.78 is 0. The molecular weight excluding hydrogens is 200 g/mol. The van der Waals surface area contributed by atoms with Crippen LogP contribution < -0.4 is 5.32 Å². The molecule has 0 bridgehead atoms. The second-order valence-electron chi connectivity index (χ2n) is 3.82. The number of carbonyl (C=O) groups excluding carboxylic acids is 1. The lowest BCUT2D eigenvalue weighted by Crippen LogP contribution is -2.22. The van der Waals surface area contributed by atoms with E-state index in [1.807, 2.05) is 12.1 Å². The number of amides is 1. The summed E-state index contributed by atoms with van der Waals surface area (Å²) in [6, 6.07) is 9.66. The molecule has 1 aliphatic carbocycles. The second kappa shape index (κ2) is 4.63. The van der Waals surface area contributed by atoms with Crippen LogP contribution in [0.1, 0.15) is 24.0 Å². The van der Waals surface area contributed by atoms with Crippen LogP contribution in [0.2, 0.25) is 0 Å². The quantitative estimate of drug-likeness (QED) is 0.777. The summed E-state index contributed by atoms with van der Waals surface area (Å²) in [7, 11) is 0. The molecule has 1 amide bonds. The fourth-order valence-electron chi connectivity index (χ4n) is 1.39. The van der Waals surface area contributed by atoms with Crippen LogP contribution in [0.5, 0.6) is 0 Å². The molecule has 1 aliphatic rings. The largest absolute Gasteiger partial charge is 0.350 e. The van der Waals surface area contributed by atoms with E-state index in [1.165, 1.54) is 6.08 Å². The first-order chi connectivity index (χ1) is 7.79. The van der Waals surface area contributed by atoms with Crippen molar-refractivity contribution in [3.8, 4) is 6.07 Å². The molecule has 0 radical (unpaired) electrons. The molecule has 1 N–H and O–H groups in total. The van der Waals surface area contributed by atoms with Crippen LogP contribution in [-0.4, -0.2) is 11.9 Å². The van der Waals surface area contributed by atoms with E-state index in [0.29, 0.717) is 11.6 Å². The van der Waals surface area contributed by atoms with Gasteiger partial charge in [-0.15, -0.1) is 0 Å². The monoisotopic (exact) mass is 212 g/mol. The van der Waals surface area contributed by atoms with E-state index in [9.17, 15) is 4.79 Å². The number of nitrogens with zero attached hydrogens (tertiary/aromatic N) is 1. The Kier molecular flexibility index (Phi) is 3.02. The Hall–Kier alpha value is -2.08. The Labute approximate surface area is 94.4 Å². The first-order valence-corrected chi connectivity index (χ1v) is 5.27. The Morgan fingerprint density at radius 1 is 1.44 bits per heavy atom. The molecule has 0 heterocycles. The Morgan fingerprint density at radius 2 is 2.19 bits per heavy atom. The highest BCUT2D eigenvalue weighted by Gasteiger charge is 2.21. The lowest BCUT2D eigenvalue weighted by atomic mass is 10.1. The predicted octanol–water partition coefficient (Wildman–Crippen LogP) is 1.85. The Balaban J connectivity index is 2.04. The smallest absolute Gasteiger partial charge is 0.244 e. The van der Waals surface area contributed by atoms with Crippen molar-refractivity contribution in [2.24, 2.45) is 0 Å². The maximum Gasteiger partial charge on any atom is 0.244 e. The molecule has 0 spiro atoms. The molecule has 3 nitrogen and oxygen atoms in total. The number of benzene rings is 1. The third kappa shape index (κ3) is 2.71. The highest BCUT2D eigenvalue weighted by atomic mass is 16.1. The van der Waals surface area contributed by atoms with Gasteiger partial charge in [-0.25, -0.2) is 0 Å². The standard InChI is InChI=1S/C13H12N2O/c14-9-11-4-2-1-3-10(11)5-8-13(16)15-12-6-7-12/h1-5,8,12H,6-7H2,(H,15,16). The van der Waals surface area contributed by atoms with E-state index in [-0.39, 0.29) is 5.91 Å². The minimum Gasteiger partial charge on any atom is -0.350 e. The average molecular weight is 212 g/mol. The first-order valence-electron chi connectivity index (χ1n) is 5.27. The Morgan fingerprint density at radius 3 is 2.88 bits per heavy atom. The van der Waals surface area contributed by atoms with Gasteiger partial charge in [-0.3, -0.25) is 4.79 Å². The minimum absolute atomic E-state index is 0.0877. The zero-order chi connectivity index (χ0) is 11.4. The maximum atomic E-state index is 11.4. The number of hydrogen-bond acceptors (Lipinski definition) is 2.